The zero-order chi connectivity index (χ0) is 13.8. The van der Waals surface area contributed by atoms with E-state index in [4.69, 9.17) is 10.5 Å². The maximum Gasteiger partial charge on any atom is 0.0721 e. The Morgan fingerprint density at radius 1 is 1.11 bits per heavy atom. The minimum absolute atomic E-state index is 0.203. The highest BCUT2D eigenvalue weighted by Gasteiger charge is 2.16. The summed E-state index contributed by atoms with van der Waals surface area (Å²) in [6.07, 6.45) is 0.929. The fourth-order valence-electron chi connectivity index (χ4n) is 2.01. The predicted octanol–water partition coefficient (Wildman–Crippen LogP) is 3.47. The third-order valence-corrected chi connectivity index (χ3v) is 3.30. The Bertz CT molecular complexity index is 368. The summed E-state index contributed by atoms with van der Waals surface area (Å²) in [5.41, 5.74) is 11.0. The molecule has 2 heteroatoms. The summed E-state index contributed by atoms with van der Waals surface area (Å²) < 4.78 is 5.67. The average molecular weight is 249 g/mol. The van der Waals surface area contributed by atoms with Gasteiger partial charge in [-0.15, -0.1) is 0 Å². The lowest BCUT2D eigenvalue weighted by atomic mass is 9.84. The van der Waals surface area contributed by atoms with Crippen molar-refractivity contribution in [1.82, 2.24) is 0 Å². The Morgan fingerprint density at radius 3 is 2.11 bits per heavy atom. The molecule has 2 nitrogen and oxygen atoms in total. The van der Waals surface area contributed by atoms with Crippen LogP contribution < -0.4 is 5.73 Å². The molecule has 18 heavy (non-hydrogen) atoms. The van der Waals surface area contributed by atoms with E-state index in [0.29, 0.717) is 13.2 Å². The summed E-state index contributed by atoms with van der Waals surface area (Å²) >= 11 is 0. The van der Waals surface area contributed by atoms with Gasteiger partial charge in [-0.2, -0.15) is 0 Å². The van der Waals surface area contributed by atoms with Crippen molar-refractivity contribution in [3.8, 4) is 0 Å². The van der Waals surface area contributed by atoms with Crippen LogP contribution in [0.3, 0.4) is 0 Å². The Hall–Kier alpha value is -0.860. The summed E-state index contributed by atoms with van der Waals surface area (Å²) in [6.45, 7) is 13.2. The van der Waals surface area contributed by atoms with Crippen LogP contribution in [0.5, 0.6) is 0 Å². The van der Waals surface area contributed by atoms with E-state index in [9.17, 15) is 0 Å². The van der Waals surface area contributed by atoms with Crippen molar-refractivity contribution >= 4 is 0 Å². The van der Waals surface area contributed by atoms with E-state index >= 15 is 0 Å². The number of hydrogen-bond donors (Lipinski definition) is 1. The van der Waals surface area contributed by atoms with Crippen molar-refractivity contribution in [3.63, 3.8) is 0 Å². The highest BCUT2D eigenvalue weighted by molar-refractivity contribution is 5.40. The van der Waals surface area contributed by atoms with E-state index in [2.05, 4.69) is 46.8 Å². The van der Waals surface area contributed by atoms with Crippen LogP contribution in [-0.2, 0) is 16.8 Å². The first-order chi connectivity index (χ1) is 8.36. The van der Waals surface area contributed by atoms with Crippen molar-refractivity contribution in [2.24, 2.45) is 5.73 Å². The number of hydrogen-bond acceptors (Lipinski definition) is 2. The molecule has 0 atom stereocenters. The van der Waals surface area contributed by atoms with E-state index in [1.165, 1.54) is 22.3 Å². The SMILES string of the molecule is Cc1cc(C(C)(C)C)cc(C)c1COCCCN. The number of rotatable bonds is 5. The summed E-state index contributed by atoms with van der Waals surface area (Å²) in [7, 11) is 0. The van der Waals surface area contributed by atoms with Crippen molar-refractivity contribution in [2.75, 3.05) is 13.2 Å². The van der Waals surface area contributed by atoms with E-state index in [0.717, 1.165) is 13.0 Å². The van der Waals surface area contributed by atoms with E-state index in [-0.39, 0.29) is 5.41 Å². The van der Waals surface area contributed by atoms with Crippen molar-refractivity contribution in [3.05, 3.63) is 34.4 Å². The van der Waals surface area contributed by atoms with Crippen LogP contribution in [0.2, 0.25) is 0 Å². The van der Waals surface area contributed by atoms with Gasteiger partial charge >= 0.3 is 0 Å². The van der Waals surface area contributed by atoms with Gasteiger partial charge in [-0.05, 0) is 54.5 Å². The van der Waals surface area contributed by atoms with Crippen LogP contribution in [-0.4, -0.2) is 13.2 Å². The van der Waals surface area contributed by atoms with E-state index < -0.39 is 0 Å². The van der Waals surface area contributed by atoms with Gasteiger partial charge in [-0.1, -0.05) is 32.9 Å². The molecule has 1 rings (SSSR count). The fraction of sp³-hybridized carbons (Fsp3) is 0.625. The molecule has 0 saturated heterocycles. The second kappa shape index (κ2) is 6.35. The average Bonchev–Trinajstić information content (AvgIpc) is 2.25. The first-order valence-electron chi connectivity index (χ1n) is 6.74. The zero-order valence-corrected chi connectivity index (χ0v) is 12.5. The van der Waals surface area contributed by atoms with Crippen LogP contribution in [0.15, 0.2) is 12.1 Å². The van der Waals surface area contributed by atoms with Gasteiger partial charge in [0.2, 0.25) is 0 Å². The maximum absolute atomic E-state index is 5.67. The molecular formula is C16H27NO. The molecule has 2 N–H and O–H groups in total. The van der Waals surface area contributed by atoms with E-state index in [1.807, 2.05) is 0 Å². The molecule has 0 saturated carbocycles. The lowest BCUT2D eigenvalue weighted by Gasteiger charge is -2.22. The molecule has 0 amide bonds. The van der Waals surface area contributed by atoms with Gasteiger partial charge in [-0.25, -0.2) is 0 Å². The molecule has 0 fully saturated rings. The third kappa shape index (κ3) is 4.11. The van der Waals surface area contributed by atoms with Crippen LogP contribution >= 0.6 is 0 Å². The summed E-state index contributed by atoms with van der Waals surface area (Å²) in [5.74, 6) is 0. The molecule has 0 aliphatic rings. The molecule has 1 aromatic rings. The highest BCUT2D eigenvalue weighted by Crippen LogP contribution is 2.27. The minimum atomic E-state index is 0.203. The van der Waals surface area contributed by atoms with Crippen LogP contribution in [0, 0.1) is 13.8 Å². The molecule has 0 heterocycles. The Balaban J connectivity index is 2.82. The summed E-state index contributed by atoms with van der Waals surface area (Å²) in [4.78, 5) is 0. The summed E-state index contributed by atoms with van der Waals surface area (Å²) in [6, 6.07) is 4.57. The smallest absolute Gasteiger partial charge is 0.0721 e. The van der Waals surface area contributed by atoms with Crippen LogP contribution in [0.25, 0.3) is 0 Å². The maximum atomic E-state index is 5.67. The van der Waals surface area contributed by atoms with Gasteiger partial charge in [0.15, 0.2) is 0 Å². The molecule has 1 aromatic carbocycles. The van der Waals surface area contributed by atoms with E-state index in [1.54, 1.807) is 0 Å². The van der Waals surface area contributed by atoms with Gasteiger partial charge < -0.3 is 10.5 Å². The van der Waals surface area contributed by atoms with Gasteiger partial charge in [0, 0.05) is 6.61 Å². The highest BCUT2D eigenvalue weighted by atomic mass is 16.5. The lowest BCUT2D eigenvalue weighted by Crippen LogP contribution is -2.13. The Labute approximate surface area is 112 Å². The Kier molecular flexibility index (Phi) is 5.36. The minimum Gasteiger partial charge on any atom is -0.377 e. The summed E-state index contributed by atoms with van der Waals surface area (Å²) in [5, 5.41) is 0. The number of nitrogens with two attached hydrogens (primary N) is 1. The number of ether oxygens (including phenoxy) is 1. The topological polar surface area (TPSA) is 35.2 Å². The van der Waals surface area contributed by atoms with Gasteiger partial charge in [0.25, 0.3) is 0 Å². The molecule has 0 radical (unpaired) electrons. The largest absolute Gasteiger partial charge is 0.377 e. The number of aryl methyl sites for hydroxylation is 2. The van der Waals surface area contributed by atoms with Crippen LogP contribution in [0.4, 0.5) is 0 Å². The first kappa shape index (κ1) is 15.2. The van der Waals surface area contributed by atoms with Crippen molar-refractivity contribution < 1.29 is 4.74 Å². The third-order valence-electron chi connectivity index (χ3n) is 3.30. The monoisotopic (exact) mass is 249 g/mol. The second-order valence-electron chi connectivity index (χ2n) is 6.03. The standard InChI is InChI=1S/C16H27NO/c1-12-9-14(16(3,4)5)10-13(2)15(12)11-18-8-6-7-17/h9-10H,6-8,11,17H2,1-5H3. The van der Waals surface area contributed by atoms with Gasteiger partial charge in [0.1, 0.15) is 0 Å². The predicted molar refractivity (Wildman–Crippen MR) is 77.9 cm³/mol. The van der Waals surface area contributed by atoms with Crippen LogP contribution in [0.1, 0.15) is 49.4 Å². The molecule has 0 aliphatic heterocycles. The molecule has 0 unspecified atom stereocenters. The molecule has 0 bridgehead atoms. The first-order valence-corrected chi connectivity index (χ1v) is 6.74. The lowest BCUT2D eigenvalue weighted by molar-refractivity contribution is 0.119. The molecular weight excluding hydrogens is 222 g/mol. The second-order valence-corrected chi connectivity index (χ2v) is 6.03. The van der Waals surface area contributed by atoms with Crippen molar-refractivity contribution in [1.29, 1.82) is 0 Å². The zero-order valence-electron chi connectivity index (χ0n) is 12.5. The normalized spacial score (nSPS) is 11.9. The molecule has 0 aliphatic carbocycles. The van der Waals surface area contributed by atoms with Gasteiger partial charge in [-0.3, -0.25) is 0 Å². The molecule has 0 aromatic heterocycles. The fourth-order valence-corrected chi connectivity index (χ4v) is 2.01. The molecule has 102 valence electrons. The number of benzene rings is 1. The molecule has 0 spiro atoms. The van der Waals surface area contributed by atoms with Gasteiger partial charge in [0.05, 0.1) is 6.61 Å². The quantitative estimate of drug-likeness (QED) is 0.811. The van der Waals surface area contributed by atoms with Crippen molar-refractivity contribution in [2.45, 2.75) is 53.1 Å². The Morgan fingerprint density at radius 2 is 1.67 bits per heavy atom.